The Balaban J connectivity index is 3.04. The fourth-order valence-corrected chi connectivity index (χ4v) is 3.49. The molecule has 1 atom stereocenters. The van der Waals surface area contributed by atoms with E-state index < -0.39 is 10.0 Å². The minimum absolute atomic E-state index is 0.111. The van der Waals surface area contributed by atoms with Crippen LogP contribution >= 0.6 is 11.6 Å². The van der Waals surface area contributed by atoms with E-state index in [4.69, 9.17) is 11.6 Å². The third-order valence-corrected chi connectivity index (χ3v) is 5.03. The summed E-state index contributed by atoms with van der Waals surface area (Å²) in [5, 5.41) is 9.54. The van der Waals surface area contributed by atoms with E-state index in [1.54, 1.807) is 0 Å². The number of likely N-dealkylation sites (N-methyl/N-ethyl adjacent to an activating group) is 1. The van der Waals surface area contributed by atoms with Gasteiger partial charge in [0.15, 0.2) is 0 Å². The largest absolute Gasteiger partial charge is 0.392 e. The van der Waals surface area contributed by atoms with Crippen LogP contribution in [0.4, 0.5) is 0 Å². The van der Waals surface area contributed by atoms with Gasteiger partial charge in [-0.15, -0.1) is 0 Å². The first kappa shape index (κ1) is 18.4. The lowest BCUT2D eigenvalue weighted by atomic mass is 10.1. The zero-order valence-electron chi connectivity index (χ0n) is 12.8. The van der Waals surface area contributed by atoms with Crippen LogP contribution in [0.1, 0.15) is 19.4 Å². The van der Waals surface area contributed by atoms with Crippen molar-refractivity contribution in [2.24, 2.45) is 5.92 Å². The van der Waals surface area contributed by atoms with Gasteiger partial charge in [0.2, 0.25) is 10.0 Å². The Morgan fingerprint density at radius 2 is 1.95 bits per heavy atom. The summed E-state index contributed by atoms with van der Waals surface area (Å²) in [5.74, 6) is 0.159. The molecule has 0 aromatic heterocycles. The van der Waals surface area contributed by atoms with Crippen molar-refractivity contribution in [3.63, 3.8) is 0 Å². The first-order valence-electron chi connectivity index (χ1n) is 6.73. The van der Waals surface area contributed by atoms with E-state index in [-0.39, 0.29) is 23.5 Å². The molecule has 0 amide bonds. The lowest BCUT2D eigenvalue weighted by Crippen LogP contribution is -2.44. The Labute approximate surface area is 132 Å². The number of hydrogen-bond donors (Lipinski definition) is 2. The van der Waals surface area contributed by atoms with E-state index in [1.165, 1.54) is 18.2 Å². The van der Waals surface area contributed by atoms with Gasteiger partial charge in [0.25, 0.3) is 0 Å². The average Bonchev–Trinajstić information content (AvgIpc) is 2.37. The van der Waals surface area contributed by atoms with Gasteiger partial charge in [-0.2, -0.15) is 0 Å². The normalized spacial score (nSPS) is 13.9. The fraction of sp³-hybridized carbons (Fsp3) is 0.571. The maximum Gasteiger partial charge on any atom is 0.240 e. The van der Waals surface area contributed by atoms with Gasteiger partial charge in [-0.3, -0.25) is 0 Å². The number of aliphatic hydroxyl groups is 1. The van der Waals surface area contributed by atoms with Gasteiger partial charge in [-0.05, 0) is 43.8 Å². The van der Waals surface area contributed by atoms with Crippen molar-refractivity contribution in [1.29, 1.82) is 0 Å². The monoisotopic (exact) mass is 334 g/mol. The second-order valence-electron chi connectivity index (χ2n) is 5.65. The molecule has 1 aromatic rings. The van der Waals surface area contributed by atoms with Crippen molar-refractivity contribution < 1.29 is 13.5 Å². The molecule has 7 heteroatoms. The van der Waals surface area contributed by atoms with Crippen LogP contribution in [-0.2, 0) is 16.6 Å². The van der Waals surface area contributed by atoms with E-state index in [2.05, 4.69) is 4.72 Å². The predicted molar refractivity (Wildman–Crippen MR) is 84.9 cm³/mol. The van der Waals surface area contributed by atoms with Gasteiger partial charge in [0.05, 0.1) is 11.5 Å². The van der Waals surface area contributed by atoms with Crippen molar-refractivity contribution in [3.05, 3.63) is 28.8 Å². The molecule has 0 bridgehead atoms. The van der Waals surface area contributed by atoms with Crippen LogP contribution in [-0.4, -0.2) is 45.1 Å². The summed E-state index contributed by atoms with van der Waals surface area (Å²) >= 11 is 5.89. The molecule has 5 nitrogen and oxygen atoms in total. The van der Waals surface area contributed by atoms with Crippen LogP contribution in [0.3, 0.4) is 0 Å². The summed E-state index contributed by atoms with van der Waals surface area (Å²) in [5.41, 5.74) is 0.397. The van der Waals surface area contributed by atoms with Crippen molar-refractivity contribution >= 4 is 21.6 Å². The molecule has 0 saturated carbocycles. The summed E-state index contributed by atoms with van der Waals surface area (Å²) in [6, 6.07) is 4.13. The zero-order chi connectivity index (χ0) is 16.2. The highest BCUT2D eigenvalue weighted by Gasteiger charge is 2.23. The molecular weight excluding hydrogens is 312 g/mol. The number of aliphatic hydroxyl groups excluding tert-OH is 1. The lowest BCUT2D eigenvalue weighted by Gasteiger charge is -2.25. The molecule has 0 radical (unpaired) electrons. The van der Waals surface area contributed by atoms with Crippen molar-refractivity contribution in [2.45, 2.75) is 31.4 Å². The Hall–Kier alpha value is -0.660. The molecule has 21 heavy (non-hydrogen) atoms. The number of hydrogen-bond acceptors (Lipinski definition) is 4. The quantitative estimate of drug-likeness (QED) is 0.796. The summed E-state index contributed by atoms with van der Waals surface area (Å²) in [7, 11) is 0.151. The predicted octanol–water partition coefficient (Wildman–Crippen LogP) is 1.70. The van der Waals surface area contributed by atoms with Crippen molar-refractivity contribution in [2.75, 3.05) is 20.6 Å². The molecular formula is C14H23ClN2O3S. The molecule has 1 aromatic carbocycles. The first-order valence-corrected chi connectivity index (χ1v) is 8.60. The topological polar surface area (TPSA) is 69.6 Å². The van der Waals surface area contributed by atoms with Gasteiger partial charge in [0.1, 0.15) is 0 Å². The zero-order valence-corrected chi connectivity index (χ0v) is 14.4. The molecule has 0 aliphatic heterocycles. The summed E-state index contributed by atoms with van der Waals surface area (Å²) < 4.78 is 27.6. The average molecular weight is 335 g/mol. The second-order valence-corrected chi connectivity index (χ2v) is 7.77. The number of rotatable bonds is 7. The first-order chi connectivity index (χ1) is 9.67. The highest BCUT2D eigenvalue weighted by Crippen LogP contribution is 2.21. The number of nitrogens with one attached hydrogen (secondary N) is 1. The Kier molecular flexibility index (Phi) is 6.62. The molecule has 0 saturated heterocycles. The molecule has 0 fully saturated rings. The van der Waals surface area contributed by atoms with Crippen LogP contribution < -0.4 is 4.72 Å². The van der Waals surface area contributed by atoms with Crippen molar-refractivity contribution in [3.8, 4) is 0 Å². The molecule has 0 heterocycles. The summed E-state index contributed by atoms with van der Waals surface area (Å²) in [4.78, 5) is 2.05. The fourth-order valence-electron chi connectivity index (χ4n) is 1.88. The molecule has 1 rings (SSSR count). The van der Waals surface area contributed by atoms with Gasteiger partial charge < -0.3 is 10.0 Å². The highest BCUT2D eigenvalue weighted by molar-refractivity contribution is 7.89. The highest BCUT2D eigenvalue weighted by atomic mass is 35.5. The number of halogens is 1. The third-order valence-electron chi connectivity index (χ3n) is 3.17. The molecule has 120 valence electrons. The van der Waals surface area contributed by atoms with E-state index >= 15 is 0 Å². The number of benzene rings is 1. The molecule has 1 unspecified atom stereocenters. The lowest BCUT2D eigenvalue weighted by molar-refractivity contribution is 0.281. The third kappa shape index (κ3) is 5.23. The van der Waals surface area contributed by atoms with E-state index in [0.29, 0.717) is 17.1 Å². The Morgan fingerprint density at radius 3 is 2.43 bits per heavy atom. The Morgan fingerprint density at radius 1 is 1.33 bits per heavy atom. The molecule has 0 aliphatic carbocycles. The summed E-state index contributed by atoms with van der Waals surface area (Å²) in [6.07, 6.45) is 0. The maximum atomic E-state index is 12.5. The Bertz CT molecular complexity index is 574. The van der Waals surface area contributed by atoms with E-state index in [0.717, 1.165) is 0 Å². The minimum atomic E-state index is -3.65. The second kappa shape index (κ2) is 7.56. The standard InChI is InChI=1S/C14H23ClN2O3S/c1-10(2)14(8-17(3)4)16-21(19,20)12-5-6-13(15)11(7-12)9-18/h5-7,10,14,16,18H,8-9H2,1-4H3. The van der Waals surface area contributed by atoms with Crippen LogP contribution in [0.15, 0.2) is 23.1 Å². The van der Waals surface area contributed by atoms with E-state index in [9.17, 15) is 13.5 Å². The minimum Gasteiger partial charge on any atom is -0.392 e. The smallest absolute Gasteiger partial charge is 0.240 e. The van der Waals surface area contributed by atoms with Gasteiger partial charge in [-0.1, -0.05) is 25.4 Å². The SMILES string of the molecule is CC(C)C(CN(C)C)NS(=O)(=O)c1ccc(Cl)c(CO)c1. The summed E-state index contributed by atoms with van der Waals surface area (Å²) in [6.45, 7) is 4.25. The van der Waals surface area contributed by atoms with Crippen LogP contribution in [0, 0.1) is 5.92 Å². The van der Waals surface area contributed by atoms with Crippen LogP contribution in [0.2, 0.25) is 5.02 Å². The molecule has 0 spiro atoms. The van der Waals surface area contributed by atoms with Crippen molar-refractivity contribution in [1.82, 2.24) is 9.62 Å². The van der Waals surface area contributed by atoms with E-state index in [1.807, 2.05) is 32.8 Å². The van der Waals surface area contributed by atoms with Gasteiger partial charge >= 0.3 is 0 Å². The van der Waals surface area contributed by atoms with Crippen LogP contribution in [0.25, 0.3) is 0 Å². The van der Waals surface area contributed by atoms with Gasteiger partial charge in [-0.25, -0.2) is 13.1 Å². The molecule has 2 N–H and O–H groups in total. The van der Waals surface area contributed by atoms with Crippen LogP contribution in [0.5, 0.6) is 0 Å². The number of sulfonamides is 1. The molecule has 0 aliphatic rings. The van der Waals surface area contributed by atoms with Gasteiger partial charge in [0, 0.05) is 17.6 Å². The number of nitrogens with zero attached hydrogens (tertiary/aromatic N) is 1. The maximum absolute atomic E-state index is 12.5.